The summed E-state index contributed by atoms with van der Waals surface area (Å²) in [5.41, 5.74) is 0.305. The number of alkyl halides is 2. The van der Waals surface area contributed by atoms with E-state index < -0.39 is 23.7 Å². The van der Waals surface area contributed by atoms with Gasteiger partial charge in [0.05, 0.1) is 5.56 Å². The second-order valence-corrected chi connectivity index (χ2v) is 6.61. The first kappa shape index (κ1) is 19.9. The normalized spacial score (nSPS) is 13.7. The second kappa shape index (κ2) is 8.87. The van der Waals surface area contributed by atoms with Crippen LogP contribution in [0, 0.1) is 0 Å². The number of thioether (sulfide) groups is 1. The number of halogens is 2. The summed E-state index contributed by atoms with van der Waals surface area (Å²) in [4.78, 5) is 28.3. The molecule has 10 heteroatoms. The van der Waals surface area contributed by atoms with Gasteiger partial charge in [-0.3, -0.25) is 4.79 Å². The number of carbonyl (C=O) groups is 2. The van der Waals surface area contributed by atoms with Crippen molar-refractivity contribution in [3.63, 3.8) is 0 Å². The second-order valence-electron chi connectivity index (χ2n) is 5.63. The molecule has 148 valence electrons. The molecule has 1 aliphatic rings. The predicted octanol–water partition coefficient (Wildman–Crippen LogP) is 3.35. The van der Waals surface area contributed by atoms with Gasteiger partial charge in [-0.05, 0) is 43.0 Å². The standard InChI is InChI=1S/C18H16F2N2O5S/c1-10(27-17(24)12-3-2-6-21-16(12)28-18(19)20)15(23)22-11-4-5-13-14(9-11)26-8-7-25-13/h2-6,9-10,18H,7-8H2,1H3,(H,22,23)/t10-/m0/s1. The summed E-state index contributed by atoms with van der Waals surface area (Å²) >= 11 is 0.133. The first-order valence-corrected chi connectivity index (χ1v) is 9.13. The first-order chi connectivity index (χ1) is 13.4. The number of pyridine rings is 1. The van der Waals surface area contributed by atoms with Crippen LogP contribution in [-0.2, 0) is 9.53 Å². The average molecular weight is 410 g/mol. The number of rotatable bonds is 6. The van der Waals surface area contributed by atoms with Crippen molar-refractivity contribution in [2.75, 3.05) is 18.5 Å². The fourth-order valence-corrected chi connectivity index (χ4v) is 2.94. The number of esters is 1. The zero-order valence-corrected chi connectivity index (χ0v) is 15.5. The summed E-state index contributed by atoms with van der Waals surface area (Å²) in [6, 6.07) is 7.61. The summed E-state index contributed by atoms with van der Waals surface area (Å²) in [5, 5.41) is 2.44. The van der Waals surface area contributed by atoms with E-state index in [1.165, 1.54) is 25.3 Å². The van der Waals surface area contributed by atoms with Crippen molar-refractivity contribution < 1.29 is 32.6 Å². The lowest BCUT2D eigenvalue weighted by Gasteiger charge is -2.19. The predicted molar refractivity (Wildman–Crippen MR) is 97.0 cm³/mol. The number of nitrogens with one attached hydrogen (secondary N) is 1. The van der Waals surface area contributed by atoms with Crippen molar-refractivity contribution in [3.8, 4) is 11.5 Å². The number of anilines is 1. The number of hydrogen-bond donors (Lipinski definition) is 1. The quantitative estimate of drug-likeness (QED) is 0.577. The molecular weight excluding hydrogens is 394 g/mol. The number of benzene rings is 1. The van der Waals surface area contributed by atoms with Crippen molar-refractivity contribution >= 4 is 29.3 Å². The molecular formula is C18H16F2N2O5S. The van der Waals surface area contributed by atoms with E-state index in [0.717, 1.165) is 0 Å². The van der Waals surface area contributed by atoms with Gasteiger partial charge in [-0.25, -0.2) is 9.78 Å². The summed E-state index contributed by atoms with van der Waals surface area (Å²) < 4.78 is 41.2. The Bertz CT molecular complexity index is 881. The van der Waals surface area contributed by atoms with Crippen molar-refractivity contribution in [1.29, 1.82) is 0 Å². The van der Waals surface area contributed by atoms with Crippen molar-refractivity contribution in [1.82, 2.24) is 4.98 Å². The third-order valence-corrected chi connectivity index (χ3v) is 4.38. The van der Waals surface area contributed by atoms with E-state index in [-0.39, 0.29) is 22.4 Å². The minimum Gasteiger partial charge on any atom is -0.486 e. The van der Waals surface area contributed by atoms with Gasteiger partial charge in [0.15, 0.2) is 17.6 Å². The maximum Gasteiger partial charge on any atom is 0.341 e. The maximum absolute atomic E-state index is 12.6. The van der Waals surface area contributed by atoms with Crippen LogP contribution in [0.3, 0.4) is 0 Å². The Balaban J connectivity index is 1.64. The minimum atomic E-state index is -2.74. The van der Waals surface area contributed by atoms with Crippen LogP contribution in [0.4, 0.5) is 14.5 Å². The third-order valence-electron chi connectivity index (χ3n) is 3.65. The molecule has 1 amide bonds. The van der Waals surface area contributed by atoms with Crippen LogP contribution in [0.15, 0.2) is 41.6 Å². The highest BCUT2D eigenvalue weighted by Gasteiger charge is 2.23. The van der Waals surface area contributed by atoms with Crippen LogP contribution in [0.2, 0.25) is 0 Å². The number of aromatic nitrogens is 1. The number of fused-ring (bicyclic) bond motifs is 1. The van der Waals surface area contributed by atoms with Gasteiger partial charge in [-0.15, -0.1) is 0 Å². The van der Waals surface area contributed by atoms with Crippen molar-refractivity contribution in [3.05, 3.63) is 42.1 Å². The Morgan fingerprint density at radius 2 is 1.96 bits per heavy atom. The Morgan fingerprint density at radius 1 is 1.21 bits per heavy atom. The van der Waals surface area contributed by atoms with Gasteiger partial charge in [0.1, 0.15) is 18.2 Å². The van der Waals surface area contributed by atoms with E-state index in [9.17, 15) is 18.4 Å². The zero-order chi connectivity index (χ0) is 20.1. The maximum atomic E-state index is 12.6. The SMILES string of the molecule is C[C@H](OC(=O)c1cccnc1SC(F)F)C(=O)Nc1ccc2c(c1)OCCO2. The third kappa shape index (κ3) is 4.89. The van der Waals surface area contributed by atoms with Crippen LogP contribution >= 0.6 is 11.8 Å². The van der Waals surface area contributed by atoms with Crippen LogP contribution in [0.5, 0.6) is 11.5 Å². The molecule has 2 aromatic rings. The van der Waals surface area contributed by atoms with Gasteiger partial charge in [0.25, 0.3) is 11.7 Å². The molecule has 1 atom stereocenters. The van der Waals surface area contributed by atoms with E-state index in [1.54, 1.807) is 18.2 Å². The number of ether oxygens (including phenoxy) is 3. The molecule has 3 rings (SSSR count). The Labute approximate surface area is 163 Å². The van der Waals surface area contributed by atoms with Gasteiger partial charge in [-0.1, -0.05) is 0 Å². The fraction of sp³-hybridized carbons (Fsp3) is 0.278. The highest BCUT2D eigenvalue weighted by molar-refractivity contribution is 7.99. The van der Waals surface area contributed by atoms with E-state index in [0.29, 0.717) is 30.4 Å². The zero-order valence-electron chi connectivity index (χ0n) is 14.7. The lowest BCUT2D eigenvalue weighted by atomic mass is 10.2. The van der Waals surface area contributed by atoms with Crippen molar-refractivity contribution in [2.45, 2.75) is 23.8 Å². The van der Waals surface area contributed by atoms with Gasteiger partial charge in [0, 0.05) is 18.0 Å². The van der Waals surface area contributed by atoms with Gasteiger partial charge >= 0.3 is 5.97 Å². The van der Waals surface area contributed by atoms with E-state index in [2.05, 4.69) is 10.3 Å². The largest absolute Gasteiger partial charge is 0.486 e. The van der Waals surface area contributed by atoms with Crippen LogP contribution in [0.1, 0.15) is 17.3 Å². The smallest absolute Gasteiger partial charge is 0.341 e. The summed E-state index contributed by atoms with van der Waals surface area (Å²) in [7, 11) is 0. The molecule has 0 bridgehead atoms. The highest BCUT2D eigenvalue weighted by Crippen LogP contribution is 2.32. The molecule has 0 saturated carbocycles. The molecule has 1 aliphatic heterocycles. The van der Waals surface area contributed by atoms with E-state index >= 15 is 0 Å². The lowest BCUT2D eigenvalue weighted by molar-refractivity contribution is -0.123. The van der Waals surface area contributed by atoms with Crippen LogP contribution < -0.4 is 14.8 Å². The topological polar surface area (TPSA) is 86.8 Å². The van der Waals surface area contributed by atoms with Gasteiger partial charge in [0.2, 0.25) is 0 Å². The number of carbonyl (C=O) groups excluding carboxylic acids is 2. The highest BCUT2D eigenvalue weighted by atomic mass is 32.2. The summed E-state index contributed by atoms with van der Waals surface area (Å²) in [6.07, 6.45) is 0.129. The number of nitrogens with zero attached hydrogens (tertiary/aromatic N) is 1. The van der Waals surface area contributed by atoms with Crippen LogP contribution in [0.25, 0.3) is 0 Å². The minimum absolute atomic E-state index is 0.133. The lowest BCUT2D eigenvalue weighted by Crippen LogP contribution is -2.30. The summed E-state index contributed by atoms with van der Waals surface area (Å²) in [6.45, 7) is 2.23. The van der Waals surface area contributed by atoms with E-state index in [4.69, 9.17) is 14.2 Å². The molecule has 1 aromatic heterocycles. The molecule has 0 saturated heterocycles. The molecule has 0 unspecified atom stereocenters. The Hall–Kier alpha value is -2.88. The van der Waals surface area contributed by atoms with Crippen LogP contribution in [-0.4, -0.2) is 41.9 Å². The number of hydrogen-bond acceptors (Lipinski definition) is 7. The molecule has 1 N–H and O–H groups in total. The molecule has 0 fully saturated rings. The molecule has 0 radical (unpaired) electrons. The van der Waals surface area contributed by atoms with Crippen molar-refractivity contribution in [2.24, 2.45) is 0 Å². The molecule has 7 nitrogen and oxygen atoms in total. The average Bonchev–Trinajstić information content (AvgIpc) is 2.67. The number of amides is 1. The Morgan fingerprint density at radius 3 is 2.71 bits per heavy atom. The molecule has 0 aliphatic carbocycles. The molecule has 2 heterocycles. The Kier molecular flexibility index (Phi) is 6.30. The van der Waals surface area contributed by atoms with Gasteiger partial charge < -0.3 is 19.5 Å². The molecule has 28 heavy (non-hydrogen) atoms. The van der Waals surface area contributed by atoms with Gasteiger partial charge in [-0.2, -0.15) is 8.78 Å². The fourth-order valence-electron chi connectivity index (χ4n) is 2.37. The molecule has 1 aromatic carbocycles. The summed E-state index contributed by atoms with van der Waals surface area (Å²) in [5.74, 6) is -3.17. The molecule has 0 spiro atoms. The van der Waals surface area contributed by atoms with E-state index in [1.807, 2.05) is 0 Å². The monoisotopic (exact) mass is 410 g/mol. The first-order valence-electron chi connectivity index (χ1n) is 8.25.